The number of likely N-dealkylation sites (N-methyl/N-ethyl adjacent to an activating group) is 1. The lowest BCUT2D eigenvalue weighted by Crippen LogP contribution is -2.48. The van der Waals surface area contributed by atoms with E-state index in [0.29, 0.717) is 0 Å². The van der Waals surface area contributed by atoms with Crippen LogP contribution in [0.4, 0.5) is 0 Å². The first kappa shape index (κ1) is 17.0. The third kappa shape index (κ3) is 3.70. The molecule has 122 valence electrons. The normalized spacial score (nSPS) is 18.4. The van der Waals surface area contributed by atoms with Crippen LogP contribution in [-0.2, 0) is 10.2 Å². The molecule has 0 bridgehead atoms. The summed E-state index contributed by atoms with van der Waals surface area (Å²) in [4.78, 5) is 14.7. The summed E-state index contributed by atoms with van der Waals surface area (Å²) in [5.74, 6) is 0.158. The number of hydrogen-bond donors (Lipinski definition) is 1. The molecule has 0 radical (unpaired) electrons. The van der Waals surface area contributed by atoms with Crippen LogP contribution in [0, 0.1) is 0 Å². The number of carbonyl (C=O) groups is 1. The Kier molecular flexibility index (Phi) is 6.01. The van der Waals surface area contributed by atoms with Gasteiger partial charge in [-0.1, -0.05) is 57.0 Å². The maximum Gasteiger partial charge on any atom is 0.237 e. The van der Waals surface area contributed by atoms with Crippen molar-refractivity contribution >= 4 is 5.91 Å². The standard InChI is InChI=1S/C19H30N2O/c1-4-21(5-2)16(3)18(22)20-15-19(13-9-10-14-19)17-11-7-6-8-12-17/h6-8,11-12,16H,4-5,9-10,13-15H2,1-3H3,(H,20,22)/t16-/m0/s1. The first-order chi connectivity index (χ1) is 10.6. The molecule has 3 nitrogen and oxygen atoms in total. The summed E-state index contributed by atoms with van der Waals surface area (Å²) in [6.45, 7) is 8.81. The Balaban J connectivity index is 2.03. The second-order valence-corrected chi connectivity index (χ2v) is 6.47. The summed E-state index contributed by atoms with van der Waals surface area (Å²) in [6, 6.07) is 10.7. The van der Waals surface area contributed by atoms with E-state index in [1.807, 2.05) is 6.92 Å². The Morgan fingerprint density at radius 1 is 1.18 bits per heavy atom. The molecule has 0 spiro atoms. The number of nitrogens with zero attached hydrogens (tertiary/aromatic N) is 1. The van der Waals surface area contributed by atoms with Gasteiger partial charge in [-0.2, -0.15) is 0 Å². The number of amides is 1. The fraction of sp³-hybridized carbons (Fsp3) is 0.632. The number of benzene rings is 1. The molecule has 1 aromatic rings. The van der Waals surface area contributed by atoms with Crippen LogP contribution in [-0.4, -0.2) is 36.5 Å². The number of hydrogen-bond acceptors (Lipinski definition) is 2. The lowest BCUT2D eigenvalue weighted by atomic mass is 9.79. The Bertz CT molecular complexity index is 462. The maximum absolute atomic E-state index is 12.5. The summed E-state index contributed by atoms with van der Waals surface area (Å²) < 4.78 is 0. The van der Waals surface area contributed by atoms with Gasteiger partial charge in [0.15, 0.2) is 0 Å². The molecule has 0 saturated heterocycles. The van der Waals surface area contributed by atoms with Gasteiger partial charge in [-0.3, -0.25) is 9.69 Å². The molecule has 0 aliphatic heterocycles. The topological polar surface area (TPSA) is 32.3 Å². The van der Waals surface area contributed by atoms with Crippen LogP contribution in [0.15, 0.2) is 30.3 Å². The van der Waals surface area contributed by atoms with Crippen molar-refractivity contribution in [1.29, 1.82) is 0 Å². The SMILES string of the molecule is CCN(CC)[C@@H](C)C(=O)NCC1(c2ccccc2)CCCC1. The minimum absolute atomic E-state index is 0.0516. The van der Waals surface area contributed by atoms with Crippen LogP contribution in [0.2, 0.25) is 0 Å². The van der Waals surface area contributed by atoms with E-state index in [0.717, 1.165) is 19.6 Å². The third-order valence-corrected chi connectivity index (χ3v) is 5.29. The summed E-state index contributed by atoms with van der Waals surface area (Å²) in [5, 5.41) is 3.23. The van der Waals surface area contributed by atoms with Gasteiger partial charge in [-0.15, -0.1) is 0 Å². The highest BCUT2D eigenvalue weighted by atomic mass is 16.2. The minimum Gasteiger partial charge on any atom is -0.354 e. The van der Waals surface area contributed by atoms with E-state index < -0.39 is 0 Å². The second kappa shape index (κ2) is 7.77. The molecule has 2 rings (SSSR count). The quantitative estimate of drug-likeness (QED) is 0.838. The van der Waals surface area contributed by atoms with Gasteiger partial charge in [-0.25, -0.2) is 0 Å². The van der Waals surface area contributed by atoms with Gasteiger partial charge in [0.05, 0.1) is 6.04 Å². The van der Waals surface area contributed by atoms with E-state index >= 15 is 0 Å². The van der Waals surface area contributed by atoms with Gasteiger partial charge in [0.25, 0.3) is 0 Å². The third-order valence-electron chi connectivity index (χ3n) is 5.29. The van der Waals surface area contributed by atoms with Crippen molar-refractivity contribution in [3.8, 4) is 0 Å². The molecule has 1 saturated carbocycles. The van der Waals surface area contributed by atoms with Crippen molar-refractivity contribution in [3.05, 3.63) is 35.9 Å². The average molecular weight is 302 g/mol. The monoisotopic (exact) mass is 302 g/mol. The highest BCUT2D eigenvalue weighted by molar-refractivity contribution is 5.81. The Hall–Kier alpha value is -1.35. The van der Waals surface area contributed by atoms with Gasteiger partial charge < -0.3 is 5.32 Å². The molecule has 0 heterocycles. The van der Waals surface area contributed by atoms with Gasteiger partial charge in [0.2, 0.25) is 5.91 Å². The van der Waals surface area contributed by atoms with Gasteiger partial charge in [0, 0.05) is 12.0 Å². The van der Waals surface area contributed by atoms with E-state index in [1.54, 1.807) is 0 Å². The molecular formula is C19H30N2O. The maximum atomic E-state index is 12.5. The van der Waals surface area contributed by atoms with Crippen LogP contribution in [0.3, 0.4) is 0 Å². The predicted molar refractivity (Wildman–Crippen MR) is 92.0 cm³/mol. The van der Waals surface area contributed by atoms with E-state index in [9.17, 15) is 4.79 Å². The Labute approximate surface area is 135 Å². The molecule has 1 N–H and O–H groups in total. The Morgan fingerprint density at radius 2 is 1.77 bits per heavy atom. The van der Waals surface area contributed by atoms with Gasteiger partial charge in [0.1, 0.15) is 0 Å². The summed E-state index contributed by atoms with van der Waals surface area (Å²) >= 11 is 0. The molecule has 3 heteroatoms. The molecule has 1 aliphatic carbocycles. The zero-order valence-electron chi connectivity index (χ0n) is 14.3. The first-order valence-electron chi connectivity index (χ1n) is 8.70. The molecule has 1 fully saturated rings. The van der Waals surface area contributed by atoms with E-state index in [4.69, 9.17) is 0 Å². The molecule has 1 atom stereocenters. The van der Waals surface area contributed by atoms with Crippen LogP contribution < -0.4 is 5.32 Å². The molecule has 1 aliphatic rings. The average Bonchev–Trinajstić information content (AvgIpc) is 3.04. The lowest BCUT2D eigenvalue weighted by Gasteiger charge is -2.32. The van der Waals surface area contributed by atoms with Crippen molar-refractivity contribution in [2.45, 2.75) is 57.9 Å². The van der Waals surface area contributed by atoms with Crippen LogP contribution in [0.5, 0.6) is 0 Å². The fourth-order valence-corrected chi connectivity index (χ4v) is 3.75. The highest BCUT2D eigenvalue weighted by Gasteiger charge is 2.36. The van der Waals surface area contributed by atoms with Crippen molar-refractivity contribution in [2.24, 2.45) is 0 Å². The molecular weight excluding hydrogens is 272 g/mol. The van der Waals surface area contributed by atoms with Gasteiger partial charge >= 0.3 is 0 Å². The van der Waals surface area contributed by atoms with Crippen molar-refractivity contribution in [3.63, 3.8) is 0 Å². The zero-order valence-corrected chi connectivity index (χ0v) is 14.3. The summed E-state index contributed by atoms with van der Waals surface area (Å²) in [7, 11) is 0. The molecule has 1 aromatic carbocycles. The number of carbonyl (C=O) groups excluding carboxylic acids is 1. The van der Waals surface area contributed by atoms with Crippen molar-refractivity contribution in [2.75, 3.05) is 19.6 Å². The fourth-order valence-electron chi connectivity index (χ4n) is 3.75. The first-order valence-corrected chi connectivity index (χ1v) is 8.70. The second-order valence-electron chi connectivity index (χ2n) is 6.47. The highest BCUT2D eigenvalue weighted by Crippen LogP contribution is 2.40. The van der Waals surface area contributed by atoms with Crippen LogP contribution >= 0.6 is 0 Å². The Morgan fingerprint density at radius 3 is 2.32 bits per heavy atom. The molecule has 22 heavy (non-hydrogen) atoms. The molecule has 0 aromatic heterocycles. The largest absolute Gasteiger partial charge is 0.354 e. The molecule has 0 unspecified atom stereocenters. The van der Waals surface area contributed by atoms with Crippen LogP contribution in [0.1, 0.15) is 52.0 Å². The summed E-state index contributed by atoms with van der Waals surface area (Å²) in [5.41, 5.74) is 1.52. The number of rotatable bonds is 7. The van der Waals surface area contributed by atoms with E-state index in [1.165, 1.54) is 31.2 Å². The van der Waals surface area contributed by atoms with E-state index in [-0.39, 0.29) is 17.4 Å². The van der Waals surface area contributed by atoms with Crippen molar-refractivity contribution < 1.29 is 4.79 Å². The summed E-state index contributed by atoms with van der Waals surface area (Å²) in [6.07, 6.45) is 4.88. The molecule has 1 amide bonds. The minimum atomic E-state index is -0.0516. The zero-order chi connectivity index (χ0) is 16.0. The number of nitrogens with one attached hydrogen (secondary N) is 1. The predicted octanol–water partition coefficient (Wildman–Crippen LogP) is 3.34. The van der Waals surface area contributed by atoms with Crippen molar-refractivity contribution in [1.82, 2.24) is 10.2 Å². The lowest BCUT2D eigenvalue weighted by molar-refractivity contribution is -0.126. The smallest absolute Gasteiger partial charge is 0.237 e. The van der Waals surface area contributed by atoms with E-state index in [2.05, 4.69) is 54.4 Å². The van der Waals surface area contributed by atoms with Crippen LogP contribution in [0.25, 0.3) is 0 Å². The van der Waals surface area contributed by atoms with Gasteiger partial charge in [-0.05, 0) is 38.4 Å².